The van der Waals surface area contributed by atoms with E-state index in [9.17, 15) is 4.79 Å². The molecule has 1 aliphatic rings. The summed E-state index contributed by atoms with van der Waals surface area (Å²) in [6, 6.07) is 4.91. The van der Waals surface area contributed by atoms with Crippen molar-refractivity contribution >= 4 is 29.1 Å². The highest BCUT2D eigenvalue weighted by Gasteiger charge is 2.26. The summed E-state index contributed by atoms with van der Waals surface area (Å²) in [5.74, 6) is 0.338. The monoisotopic (exact) mass is 317 g/mol. The first-order valence-electron chi connectivity index (χ1n) is 6.47. The molecule has 0 N–H and O–H groups in total. The molecule has 0 unspecified atom stereocenters. The Morgan fingerprint density at radius 3 is 2.65 bits per heavy atom. The van der Waals surface area contributed by atoms with Gasteiger partial charge in [0.25, 0.3) is 5.91 Å². The lowest BCUT2D eigenvalue weighted by Crippen LogP contribution is -2.49. The lowest BCUT2D eigenvalue weighted by atomic mass is 10.2. The molecule has 1 amide bonds. The molecule has 110 valence electrons. The third kappa shape index (κ3) is 4.01. The van der Waals surface area contributed by atoms with Gasteiger partial charge in [0.15, 0.2) is 6.61 Å². The molecule has 0 spiro atoms. The van der Waals surface area contributed by atoms with E-state index in [0.29, 0.717) is 28.9 Å². The van der Waals surface area contributed by atoms with Crippen molar-refractivity contribution < 1.29 is 14.3 Å². The quantitative estimate of drug-likeness (QED) is 0.860. The average molecular weight is 318 g/mol. The summed E-state index contributed by atoms with van der Waals surface area (Å²) < 4.78 is 11.0. The maximum atomic E-state index is 12.1. The molecule has 2 atom stereocenters. The predicted molar refractivity (Wildman–Crippen MR) is 78.5 cm³/mol. The normalized spacial score (nSPS) is 22.7. The van der Waals surface area contributed by atoms with Gasteiger partial charge in [-0.05, 0) is 26.0 Å². The zero-order chi connectivity index (χ0) is 14.7. The topological polar surface area (TPSA) is 38.8 Å². The molecular weight excluding hydrogens is 301 g/mol. The van der Waals surface area contributed by atoms with Crippen LogP contribution in [0.2, 0.25) is 10.0 Å². The maximum absolute atomic E-state index is 12.1. The van der Waals surface area contributed by atoms with Crippen molar-refractivity contribution in [2.45, 2.75) is 26.1 Å². The van der Waals surface area contributed by atoms with Gasteiger partial charge in [0.05, 0.1) is 17.2 Å². The summed E-state index contributed by atoms with van der Waals surface area (Å²) in [4.78, 5) is 13.9. The number of hydrogen-bond acceptors (Lipinski definition) is 3. The van der Waals surface area contributed by atoms with Gasteiger partial charge in [0.1, 0.15) is 5.75 Å². The number of carbonyl (C=O) groups is 1. The minimum atomic E-state index is -0.0805. The van der Waals surface area contributed by atoms with Gasteiger partial charge in [0.2, 0.25) is 0 Å². The van der Waals surface area contributed by atoms with Crippen LogP contribution < -0.4 is 4.74 Å². The second kappa shape index (κ2) is 6.66. The molecule has 0 saturated carbocycles. The molecule has 1 aromatic carbocycles. The molecule has 2 rings (SSSR count). The van der Waals surface area contributed by atoms with Crippen LogP contribution in [0.1, 0.15) is 13.8 Å². The Labute approximate surface area is 128 Å². The molecule has 1 aliphatic heterocycles. The van der Waals surface area contributed by atoms with Crippen LogP contribution >= 0.6 is 23.2 Å². The highest BCUT2D eigenvalue weighted by Crippen LogP contribution is 2.27. The molecule has 4 nitrogen and oxygen atoms in total. The van der Waals surface area contributed by atoms with Crippen LogP contribution in [0.15, 0.2) is 18.2 Å². The summed E-state index contributed by atoms with van der Waals surface area (Å²) in [6.07, 6.45) is 0.0786. The van der Waals surface area contributed by atoms with Crippen LogP contribution in [0.5, 0.6) is 5.75 Å². The smallest absolute Gasteiger partial charge is 0.260 e. The van der Waals surface area contributed by atoms with Crippen molar-refractivity contribution in [3.8, 4) is 5.75 Å². The van der Waals surface area contributed by atoms with Crippen LogP contribution in [0, 0.1) is 0 Å². The van der Waals surface area contributed by atoms with Crippen LogP contribution in [0.25, 0.3) is 0 Å². The average Bonchev–Trinajstić information content (AvgIpc) is 2.38. The van der Waals surface area contributed by atoms with Gasteiger partial charge in [-0.2, -0.15) is 0 Å². The Bertz CT molecular complexity index is 485. The minimum absolute atomic E-state index is 0.0393. The molecular formula is C14H17Cl2NO3. The highest BCUT2D eigenvalue weighted by molar-refractivity contribution is 6.34. The van der Waals surface area contributed by atoms with Crippen molar-refractivity contribution in [1.29, 1.82) is 0 Å². The second-order valence-corrected chi connectivity index (χ2v) is 5.76. The largest absolute Gasteiger partial charge is 0.482 e. The van der Waals surface area contributed by atoms with Crippen LogP contribution in [-0.4, -0.2) is 42.7 Å². The fourth-order valence-electron chi connectivity index (χ4n) is 2.20. The SMILES string of the molecule is C[C@H]1CN(C(=O)COc2cc(Cl)ccc2Cl)C[C@H](C)O1. The lowest BCUT2D eigenvalue weighted by molar-refractivity contribution is -0.145. The van der Waals surface area contributed by atoms with E-state index in [0.717, 1.165) is 0 Å². The number of amides is 1. The van der Waals surface area contributed by atoms with E-state index in [1.54, 1.807) is 23.1 Å². The number of morpholine rings is 1. The Kier molecular flexibility index (Phi) is 5.13. The molecule has 1 heterocycles. The number of hydrogen-bond donors (Lipinski definition) is 0. The molecule has 20 heavy (non-hydrogen) atoms. The van der Waals surface area contributed by atoms with E-state index in [1.807, 2.05) is 13.8 Å². The Hall–Kier alpha value is -0.970. The molecule has 0 bridgehead atoms. The third-order valence-electron chi connectivity index (χ3n) is 3.02. The van der Waals surface area contributed by atoms with Crippen LogP contribution in [-0.2, 0) is 9.53 Å². The molecule has 1 saturated heterocycles. The van der Waals surface area contributed by atoms with Gasteiger partial charge in [-0.15, -0.1) is 0 Å². The zero-order valence-electron chi connectivity index (χ0n) is 11.4. The number of nitrogens with zero attached hydrogens (tertiary/aromatic N) is 1. The highest BCUT2D eigenvalue weighted by atomic mass is 35.5. The number of halogens is 2. The Morgan fingerprint density at radius 2 is 2.00 bits per heavy atom. The van der Waals surface area contributed by atoms with Crippen molar-refractivity contribution in [1.82, 2.24) is 4.90 Å². The fraction of sp³-hybridized carbons (Fsp3) is 0.500. The first-order valence-corrected chi connectivity index (χ1v) is 7.22. The zero-order valence-corrected chi connectivity index (χ0v) is 12.9. The van der Waals surface area contributed by atoms with Crippen molar-refractivity contribution in [2.75, 3.05) is 19.7 Å². The molecule has 1 fully saturated rings. The van der Waals surface area contributed by atoms with E-state index in [-0.39, 0.29) is 24.7 Å². The summed E-state index contributed by atoms with van der Waals surface area (Å²) in [6.45, 7) is 5.00. The summed E-state index contributed by atoms with van der Waals surface area (Å²) in [5.41, 5.74) is 0. The van der Waals surface area contributed by atoms with Crippen molar-refractivity contribution in [3.63, 3.8) is 0 Å². The maximum Gasteiger partial charge on any atom is 0.260 e. The fourth-order valence-corrected chi connectivity index (χ4v) is 2.53. The summed E-state index contributed by atoms with van der Waals surface area (Å²) in [5, 5.41) is 0.955. The number of benzene rings is 1. The minimum Gasteiger partial charge on any atom is -0.482 e. The van der Waals surface area contributed by atoms with Gasteiger partial charge in [0, 0.05) is 24.2 Å². The summed E-state index contributed by atoms with van der Waals surface area (Å²) in [7, 11) is 0. The van der Waals surface area contributed by atoms with E-state index in [1.165, 1.54) is 0 Å². The summed E-state index contributed by atoms with van der Waals surface area (Å²) >= 11 is 11.9. The number of ether oxygens (including phenoxy) is 2. The first kappa shape index (κ1) is 15.4. The van der Waals surface area contributed by atoms with Gasteiger partial charge in [-0.1, -0.05) is 23.2 Å². The number of carbonyl (C=O) groups excluding carboxylic acids is 1. The second-order valence-electron chi connectivity index (χ2n) is 4.92. The molecule has 0 radical (unpaired) electrons. The van der Waals surface area contributed by atoms with Crippen LogP contribution in [0.4, 0.5) is 0 Å². The Morgan fingerprint density at radius 1 is 1.35 bits per heavy atom. The first-order chi connectivity index (χ1) is 9.45. The standard InChI is InChI=1S/C14H17Cl2NO3/c1-9-6-17(7-10(2)20-9)14(18)8-19-13-5-11(15)3-4-12(13)16/h3-5,9-10H,6-8H2,1-2H3/t9-,10-/m0/s1. The van der Waals surface area contributed by atoms with Crippen LogP contribution in [0.3, 0.4) is 0 Å². The lowest BCUT2D eigenvalue weighted by Gasteiger charge is -2.35. The van der Waals surface area contributed by atoms with E-state index >= 15 is 0 Å². The van der Waals surface area contributed by atoms with Crippen molar-refractivity contribution in [3.05, 3.63) is 28.2 Å². The van der Waals surface area contributed by atoms with Gasteiger partial charge in [-0.25, -0.2) is 0 Å². The number of rotatable bonds is 3. The van der Waals surface area contributed by atoms with Gasteiger partial charge in [-0.3, -0.25) is 4.79 Å². The van der Waals surface area contributed by atoms with Gasteiger partial charge >= 0.3 is 0 Å². The van der Waals surface area contributed by atoms with E-state index < -0.39 is 0 Å². The molecule has 6 heteroatoms. The van der Waals surface area contributed by atoms with E-state index in [4.69, 9.17) is 32.7 Å². The van der Waals surface area contributed by atoms with Crippen molar-refractivity contribution in [2.24, 2.45) is 0 Å². The third-order valence-corrected chi connectivity index (χ3v) is 3.56. The van der Waals surface area contributed by atoms with Gasteiger partial charge < -0.3 is 14.4 Å². The molecule has 0 aromatic heterocycles. The predicted octanol–water partition coefficient (Wildman–Crippen LogP) is 3.01. The van der Waals surface area contributed by atoms with E-state index in [2.05, 4.69) is 0 Å². The molecule has 1 aromatic rings. The molecule has 0 aliphatic carbocycles. The Balaban J connectivity index is 1.93.